The van der Waals surface area contributed by atoms with Gasteiger partial charge in [-0.3, -0.25) is 4.79 Å². The number of amides is 1. The first-order valence-electron chi connectivity index (χ1n) is 7.55. The van der Waals surface area contributed by atoms with Gasteiger partial charge in [-0.25, -0.2) is 8.78 Å². The van der Waals surface area contributed by atoms with Crippen LogP contribution in [0.3, 0.4) is 0 Å². The average molecular weight is 341 g/mol. The average Bonchev–Trinajstić information content (AvgIpc) is 3.01. The Morgan fingerprint density at radius 2 is 1.88 bits per heavy atom. The van der Waals surface area contributed by atoms with E-state index in [0.29, 0.717) is 5.69 Å². The highest BCUT2D eigenvalue weighted by atomic mass is 32.1. The van der Waals surface area contributed by atoms with E-state index < -0.39 is 17.6 Å². The molecule has 120 valence electrons. The van der Waals surface area contributed by atoms with E-state index in [1.165, 1.54) is 17.4 Å². The van der Waals surface area contributed by atoms with Gasteiger partial charge in [-0.05, 0) is 29.3 Å². The molecule has 1 aliphatic rings. The van der Waals surface area contributed by atoms with Crippen molar-refractivity contribution in [3.8, 4) is 11.1 Å². The van der Waals surface area contributed by atoms with Gasteiger partial charge in [0.1, 0.15) is 11.6 Å². The summed E-state index contributed by atoms with van der Waals surface area (Å²) in [6, 6.07) is 13.1. The summed E-state index contributed by atoms with van der Waals surface area (Å²) in [5, 5.41) is 4.85. The van der Waals surface area contributed by atoms with Crippen LogP contribution >= 0.6 is 11.3 Å². The number of benzene rings is 2. The third kappa shape index (κ3) is 2.51. The Kier molecular flexibility index (Phi) is 3.65. The molecule has 0 fully saturated rings. The van der Waals surface area contributed by atoms with Crippen LogP contribution in [0, 0.1) is 11.6 Å². The van der Waals surface area contributed by atoms with Gasteiger partial charge >= 0.3 is 0 Å². The van der Waals surface area contributed by atoms with Crippen LogP contribution in [0.4, 0.5) is 14.5 Å². The predicted octanol–water partition coefficient (Wildman–Crippen LogP) is 5.17. The van der Waals surface area contributed by atoms with Gasteiger partial charge in [0, 0.05) is 28.2 Å². The Hall–Kier alpha value is -2.53. The lowest BCUT2D eigenvalue weighted by Gasteiger charge is -2.24. The lowest BCUT2D eigenvalue weighted by molar-refractivity contribution is -0.116. The van der Waals surface area contributed by atoms with Crippen LogP contribution in [0.2, 0.25) is 0 Å². The summed E-state index contributed by atoms with van der Waals surface area (Å²) in [6.45, 7) is 0. The fourth-order valence-electron chi connectivity index (χ4n) is 3.09. The molecule has 1 N–H and O–H groups in total. The molecule has 3 aromatic rings. The molecule has 0 radical (unpaired) electrons. The second-order valence-corrected chi connectivity index (χ2v) is 6.64. The Labute approximate surface area is 141 Å². The Balaban J connectivity index is 1.86. The Morgan fingerprint density at radius 3 is 2.67 bits per heavy atom. The zero-order valence-electron chi connectivity index (χ0n) is 12.6. The monoisotopic (exact) mass is 341 g/mol. The smallest absolute Gasteiger partial charge is 0.225 e. The quantitative estimate of drug-likeness (QED) is 0.685. The fraction of sp³-hybridized carbons (Fsp3) is 0.105. The summed E-state index contributed by atoms with van der Waals surface area (Å²) >= 11 is 1.46. The van der Waals surface area contributed by atoms with E-state index in [1.54, 1.807) is 0 Å². The van der Waals surface area contributed by atoms with Crippen molar-refractivity contribution in [2.75, 3.05) is 5.32 Å². The molecule has 1 aliphatic heterocycles. The van der Waals surface area contributed by atoms with Crippen molar-refractivity contribution in [3.05, 3.63) is 76.0 Å². The molecule has 2 aromatic carbocycles. The minimum Gasteiger partial charge on any atom is -0.325 e. The molecule has 2 heterocycles. The maximum atomic E-state index is 14.2. The van der Waals surface area contributed by atoms with Crippen LogP contribution in [0.15, 0.2) is 53.9 Å². The molecule has 0 saturated heterocycles. The molecule has 0 aliphatic carbocycles. The second-order valence-electron chi connectivity index (χ2n) is 5.73. The van der Waals surface area contributed by atoms with Gasteiger partial charge in [-0.2, -0.15) is 0 Å². The highest BCUT2D eigenvalue weighted by Gasteiger charge is 2.32. The van der Waals surface area contributed by atoms with Gasteiger partial charge in [-0.15, -0.1) is 11.3 Å². The van der Waals surface area contributed by atoms with Crippen LogP contribution in [-0.4, -0.2) is 5.91 Å². The number of carbonyl (C=O) groups is 1. The number of fused-ring (bicyclic) bond motifs is 1. The van der Waals surface area contributed by atoms with Gasteiger partial charge in [0.15, 0.2) is 0 Å². The largest absolute Gasteiger partial charge is 0.325 e. The molecule has 0 bridgehead atoms. The molecule has 5 heteroatoms. The van der Waals surface area contributed by atoms with Crippen LogP contribution in [0.5, 0.6) is 0 Å². The first kappa shape index (κ1) is 15.0. The summed E-state index contributed by atoms with van der Waals surface area (Å²) in [5.41, 5.74) is 2.82. The number of carbonyl (C=O) groups excluding carboxylic acids is 1. The van der Waals surface area contributed by atoms with Gasteiger partial charge < -0.3 is 5.32 Å². The number of anilines is 1. The van der Waals surface area contributed by atoms with Crippen molar-refractivity contribution in [2.45, 2.75) is 12.3 Å². The number of rotatable bonds is 2. The zero-order chi connectivity index (χ0) is 16.7. The molecular weight excluding hydrogens is 328 g/mol. The molecule has 0 spiro atoms. The van der Waals surface area contributed by atoms with Crippen molar-refractivity contribution in [1.82, 2.24) is 0 Å². The molecule has 4 rings (SSSR count). The first-order chi connectivity index (χ1) is 11.6. The third-order valence-electron chi connectivity index (χ3n) is 4.21. The maximum absolute atomic E-state index is 14.2. The second kappa shape index (κ2) is 5.83. The Bertz CT molecular complexity index is 920. The minimum atomic E-state index is -0.501. The summed E-state index contributed by atoms with van der Waals surface area (Å²) in [7, 11) is 0. The van der Waals surface area contributed by atoms with Gasteiger partial charge in [-0.1, -0.05) is 30.3 Å². The molecule has 1 amide bonds. The van der Waals surface area contributed by atoms with Crippen LogP contribution in [0.1, 0.15) is 22.8 Å². The molecule has 1 atom stereocenters. The van der Waals surface area contributed by atoms with E-state index >= 15 is 0 Å². The van der Waals surface area contributed by atoms with Crippen molar-refractivity contribution in [3.63, 3.8) is 0 Å². The number of hydrogen-bond donors (Lipinski definition) is 1. The molecule has 0 saturated carbocycles. The molecule has 2 nitrogen and oxygen atoms in total. The van der Waals surface area contributed by atoms with Gasteiger partial charge in [0.25, 0.3) is 0 Å². The molecular formula is C19H13F2NOS. The SMILES string of the molecule is O=C1C[C@H](c2cc(F)ccc2F)c2scc(-c3ccccc3)c2N1. The van der Waals surface area contributed by atoms with Crippen LogP contribution in [0.25, 0.3) is 11.1 Å². The van der Waals surface area contributed by atoms with Crippen molar-refractivity contribution in [2.24, 2.45) is 0 Å². The fourth-order valence-corrected chi connectivity index (χ4v) is 4.24. The van der Waals surface area contributed by atoms with E-state index in [4.69, 9.17) is 0 Å². The van der Waals surface area contributed by atoms with E-state index in [9.17, 15) is 13.6 Å². The summed E-state index contributed by atoms with van der Waals surface area (Å²) in [6.07, 6.45) is 0.113. The Morgan fingerprint density at radius 1 is 1.08 bits per heavy atom. The first-order valence-corrected chi connectivity index (χ1v) is 8.43. The number of thiophene rings is 1. The number of halogens is 2. The normalized spacial score (nSPS) is 16.6. The maximum Gasteiger partial charge on any atom is 0.225 e. The number of hydrogen-bond acceptors (Lipinski definition) is 2. The molecule has 1 aromatic heterocycles. The third-order valence-corrected chi connectivity index (χ3v) is 5.30. The minimum absolute atomic E-state index is 0.113. The van der Waals surface area contributed by atoms with E-state index in [-0.39, 0.29) is 17.9 Å². The molecule has 24 heavy (non-hydrogen) atoms. The summed E-state index contributed by atoms with van der Waals surface area (Å²) in [4.78, 5) is 13.0. The van der Waals surface area contributed by atoms with Crippen LogP contribution in [-0.2, 0) is 4.79 Å². The van der Waals surface area contributed by atoms with Crippen molar-refractivity contribution < 1.29 is 13.6 Å². The summed E-state index contributed by atoms with van der Waals surface area (Å²) in [5.74, 6) is -1.64. The zero-order valence-corrected chi connectivity index (χ0v) is 13.4. The highest BCUT2D eigenvalue weighted by molar-refractivity contribution is 7.11. The van der Waals surface area contributed by atoms with Gasteiger partial charge in [0.05, 0.1) is 5.69 Å². The lowest BCUT2D eigenvalue weighted by atomic mass is 9.88. The summed E-state index contributed by atoms with van der Waals surface area (Å²) < 4.78 is 27.8. The van der Waals surface area contributed by atoms with Crippen LogP contribution < -0.4 is 5.32 Å². The highest BCUT2D eigenvalue weighted by Crippen LogP contribution is 2.47. The van der Waals surface area contributed by atoms with E-state index in [1.807, 2.05) is 35.7 Å². The van der Waals surface area contributed by atoms with Gasteiger partial charge in [0.2, 0.25) is 5.91 Å². The van der Waals surface area contributed by atoms with E-state index in [0.717, 1.165) is 28.1 Å². The van der Waals surface area contributed by atoms with E-state index in [2.05, 4.69) is 5.32 Å². The lowest BCUT2D eigenvalue weighted by Crippen LogP contribution is -2.23. The predicted molar refractivity (Wildman–Crippen MR) is 91.2 cm³/mol. The van der Waals surface area contributed by atoms with Crippen molar-refractivity contribution in [1.29, 1.82) is 0 Å². The van der Waals surface area contributed by atoms with Crippen molar-refractivity contribution >= 4 is 22.9 Å². The topological polar surface area (TPSA) is 29.1 Å². The molecule has 0 unspecified atom stereocenters. The standard InChI is InChI=1S/C19H13F2NOS/c20-12-6-7-16(21)13(8-12)14-9-17(23)22-18-15(10-24-19(14)18)11-4-2-1-3-5-11/h1-8,10,14H,9H2,(H,22,23)/t14-/m1/s1. The number of nitrogens with one attached hydrogen (secondary N) is 1.